The molecule has 2 aliphatic carbocycles. The number of hydrogen-bond acceptors (Lipinski definition) is 1. The molecular weight excluding hydrogens is 306 g/mol. The lowest BCUT2D eigenvalue weighted by molar-refractivity contribution is 0.124. The van der Waals surface area contributed by atoms with Gasteiger partial charge >= 0.3 is 0 Å². The van der Waals surface area contributed by atoms with Crippen molar-refractivity contribution in [2.24, 2.45) is 23.7 Å². The summed E-state index contributed by atoms with van der Waals surface area (Å²) in [6.07, 6.45) is 10.5. The SMILES string of the molecule is Cc1ccc(F)c(F)c1OCC1CCC(C2CCC(C)CC2)CC1. The molecule has 2 fully saturated rings. The predicted octanol–water partition coefficient (Wildman–Crippen LogP) is 6.28. The highest BCUT2D eigenvalue weighted by atomic mass is 19.2. The van der Waals surface area contributed by atoms with E-state index >= 15 is 0 Å². The van der Waals surface area contributed by atoms with Crippen LogP contribution in [0.3, 0.4) is 0 Å². The number of rotatable bonds is 4. The highest BCUT2D eigenvalue weighted by molar-refractivity contribution is 5.34. The zero-order valence-corrected chi connectivity index (χ0v) is 15.0. The lowest BCUT2D eigenvalue weighted by Gasteiger charge is -2.37. The van der Waals surface area contributed by atoms with Gasteiger partial charge in [0.2, 0.25) is 5.82 Å². The molecule has 0 bridgehead atoms. The van der Waals surface area contributed by atoms with Gasteiger partial charge in [0.05, 0.1) is 6.61 Å². The van der Waals surface area contributed by atoms with Gasteiger partial charge in [-0.3, -0.25) is 0 Å². The number of ether oxygens (including phenoxy) is 1. The molecule has 3 heteroatoms. The summed E-state index contributed by atoms with van der Waals surface area (Å²) in [7, 11) is 0. The van der Waals surface area contributed by atoms with E-state index in [1.54, 1.807) is 13.0 Å². The van der Waals surface area contributed by atoms with Crippen LogP contribution in [0.1, 0.15) is 63.9 Å². The van der Waals surface area contributed by atoms with Crippen molar-refractivity contribution >= 4 is 0 Å². The average molecular weight is 336 g/mol. The van der Waals surface area contributed by atoms with Crippen LogP contribution in [0.25, 0.3) is 0 Å². The lowest BCUT2D eigenvalue weighted by atomic mass is 9.69. The van der Waals surface area contributed by atoms with Crippen LogP contribution < -0.4 is 4.74 Å². The van der Waals surface area contributed by atoms with Crippen LogP contribution in [-0.2, 0) is 0 Å². The van der Waals surface area contributed by atoms with Gasteiger partial charge in [-0.05, 0) is 80.8 Å². The molecular formula is C21H30F2O. The Kier molecular flexibility index (Phi) is 5.78. The van der Waals surface area contributed by atoms with Gasteiger partial charge in [0.1, 0.15) is 0 Å². The summed E-state index contributed by atoms with van der Waals surface area (Å²) < 4.78 is 32.9. The molecule has 134 valence electrons. The third-order valence-electron chi connectivity index (χ3n) is 6.33. The van der Waals surface area contributed by atoms with E-state index in [2.05, 4.69) is 6.92 Å². The van der Waals surface area contributed by atoms with Crippen LogP contribution in [0, 0.1) is 42.2 Å². The largest absolute Gasteiger partial charge is 0.490 e. The smallest absolute Gasteiger partial charge is 0.200 e. The highest BCUT2D eigenvalue weighted by Gasteiger charge is 2.30. The van der Waals surface area contributed by atoms with Crippen LogP contribution in [0.5, 0.6) is 5.75 Å². The lowest BCUT2D eigenvalue weighted by Crippen LogP contribution is -2.27. The second kappa shape index (κ2) is 7.84. The van der Waals surface area contributed by atoms with Crippen molar-refractivity contribution in [3.05, 3.63) is 29.3 Å². The standard InChI is InChI=1S/C21H30F2O/c1-14-3-8-17(9-4-14)18-10-6-16(7-11-18)13-24-21-15(2)5-12-19(22)20(21)23/h5,12,14,16-18H,3-4,6-11,13H2,1-2H3. The van der Waals surface area contributed by atoms with Crippen molar-refractivity contribution in [3.8, 4) is 5.75 Å². The Morgan fingerprint density at radius 3 is 2.12 bits per heavy atom. The molecule has 0 unspecified atom stereocenters. The number of hydrogen-bond donors (Lipinski definition) is 0. The summed E-state index contributed by atoms with van der Waals surface area (Å²) >= 11 is 0. The summed E-state index contributed by atoms with van der Waals surface area (Å²) in [6.45, 7) is 4.65. The van der Waals surface area contributed by atoms with Crippen molar-refractivity contribution in [2.45, 2.75) is 65.2 Å². The van der Waals surface area contributed by atoms with Gasteiger partial charge < -0.3 is 4.74 Å². The average Bonchev–Trinajstić information content (AvgIpc) is 2.60. The van der Waals surface area contributed by atoms with E-state index in [1.165, 1.54) is 38.5 Å². The zero-order chi connectivity index (χ0) is 17.1. The molecule has 0 heterocycles. The van der Waals surface area contributed by atoms with Gasteiger partial charge in [-0.15, -0.1) is 0 Å². The summed E-state index contributed by atoms with van der Waals surface area (Å²) in [5, 5.41) is 0. The van der Waals surface area contributed by atoms with E-state index in [9.17, 15) is 8.78 Å². The number of aryl methyl sites for hydroxylation is 1. The Hall–Kier alpha value is -1.12. The van der Waals surface area contributed by atoms with Crippen molar-refractivity contribution in [1.29, 1.82) is 0 Å². The molecule has 0 atom stereocenters. The number of halogens is 2. The highest BCUT2D eigenvalue weighted by Crippen LogP contribution is 2.41. The molecule has 1 aromatic carbocycles. The quantitative estimate of drug-likeness (QED) is 0.628. The van der Waals surface area contributed by atoms with E-state index in [-0.39, 0.29) is 5.75 Å². The van der Waals surface area contributed by atoms with Crippen molar-refractivity contribution < 1.29 is 13.5 Å². The monoisotopic (exact) mass is 336 g/mol. The second-order valence-corrected chi connectivity index (χ2v) is 8.12. The Balaban J connectivity index is 1.47. The minimum Gasteiger partial charge on any atom is -0.490 e. The molecule has 0 N–H and O–H groups in total. The Labute approximate surface area is 144 Å². The molecule has 0 aliphatic heterocycles. The predicted molar refractivity (Wildman–Crippen MR) is 93.2 cm³/mol. The second-order valence-electron chi connectivity index (χ2n) is 8.12. The molecule has 0 radical (unpaired) electrons. The molecule has 24 heavy (non-hydrogen) atoms. The van der Waals surface area contributed by atoms with Crippen LogP contribution >= 0.6 is 0 Å². The first-order valence-electron chi connectivity index (χ1n) is 9.62. The van der Waals surface area contributed by atoms with E-state index < -0.39 is 11.6 Å². The van der Waals surface area contributed by atoms with E-state index in [0.717, 1.165) is 36.7 Å². The normalized spacial score (nSPS) is 31.0. The van der Waals surface area contributed by atoms with Gasteiger partial charge in [0, 0.05) is 0 Å². The molecule has 0 aromatic heterocycles. The van der Waals surface area contributed by atoms with Gasteiger partial charge in [-0.2, -0.15) is 4.39 Å². The maximum atomic E-state index is 13.9. The van der Waals surface area contributed by atoms with E-state index in [4.69, 9.17) is 4.74 Å². The summed E-state index contributed by atoms with van der Waals surface area (Å²) in [4.78, 5) is 0. The first kappa shape index (κ1) is 17.7. The van der Waals surface area contributed by atoms with Crippen LogP contribution in [0.4, 0.5) is 8.78 Å². The number of benzene rings is 1. The van der Waals surface area contributed by atoms with Crippen LogP contribution in [0.15, 0.2) is 12.1 Å². The van der Waals surface area contributed by atoms with Gasteiger partial charge in [0.25, 0.3) is 0 Å². The molecule has 3 rings (SSSR count). The Morgan fingerprint density at radius 2 is 1.50 bits per heavy atom. The van der Waals surface area contributed by atoms with Gasteiger partial charge in [-0.1, -0.05) is 25.8 Å². The van der Waals surface area contributed by atoms with Crippen LogP contribution in [-0.4, -0.2) is 6.61 Å². The topological polar surface area (TPSA) is 9.23 Å². The Bertz CT molecular complexity index is 541. The summed E-state index contributed by atoms with van der Waals surface area (Å²) in [6, 6.07) is 2.74. The minimum atomic E-state index is -0.847. The Morgan fingerprint density at radius 1 is 0.917 bits per heavy atom. The molecule has 0 spiro atoms. The summed E-state index contributed by atoms with van der Waals surface area (Å²) in [5.74, 6) is 1.61. The maximum absolute atomic E-state index is 13.9. The van der Waals surface area contributed by atoms with Crippen molar-refractivity contribution in [3.63, 3.8) is 0 Å². The molecule has 1 nitrogen and oxygen atoms in total. The maximum Gasteiger partial charge on any atom is 0.200 e. The third-order valence-corrected chi connectivity index (χ3v) is 6.33. The van der Waals surface area contributed by atoms with E-state index in [1.807, 2.05) is 0 Å². The van der Waals surface area contributed by atoms with Gasteiger partial charge in [0.15, 0.2) is 11.6 Å². The first-order chi connectivity index (χ1) is 11.5. The molecule has 2 aliphatic rings. The molecule has 0 amide bonds. The molecule has 0 saturated heterocycles. The first-order valence-corrected chi connectivity index (χ1v) is 9.62. The fraction of sp³-hybridized carbons (Fsp3) is 0.714. The summed E-state index contributed by atoms with van der Waals surface area (Å²) in [5.41, 5.74) is 0.666. The third kappa shape index (κ3) is 4.10. The minimum absolute atomic E-state index is 0.0957. The van der Waals surface area contributed by atoms with Crippen LogP contribution in [0.2, 0.25) is 0 Å². The van der Waals surface area contributed by atoms with Crippen molar-refractivity contribution in [2.75, 3.05) is 6.61 Å². The zero-order valence-electron chi connectivity index (χ0n) is 15.0. The van der Waals surface area contributed by atoms with Crippen molar-refractivity contribution in [1.82, 2.24) is 0 Å². The molecule has 1 aromatic rings. The van der Waals surface area contributed by atoms with E-state index in [0.29, 0.717) is 18.1 Å². The fourth-order valence-electron chi connectivity index (χ4n) is 4.59. The molecule has 2 saturated carbocycles. The van der Waals surface area contributed by atoms with Gasteiger partial charge in [-0.25, -0.2) is 4.39 Å². The fourth-order valence-corrected chi connectivity index (χ4v) is 4.59.